The fraction of sp³-hybridized carbons (Fsp3) is 0.182. The van der Waals surface area contributed by atoms with Crippen molar-refractivity contribution < 1.29 is 9.47 Å². The number of nitrogens with zero attached hydrogens (tertiary/aromatic N) is 2. The number of H-pyrrole nitrogens is 1. The quantitative estimate of drug-likeness (QED) is 0.850. The molecule has 0 bridgehead atoms. The van der Waals surface area contributed by atoms with Gasteiger partial charge >= 0.3 is 0 Å². The van der Waals surface area contributed by atoms with Crippen molar-refractivity contribution >= 4 is 0 Å². The summed E-state index contributed by atoms with van der Waals surface area (Å²) in [6, 6.07) is 3.06. The van der Waals surface area contributed by atoms with Crippen LogP contribution in [0.25, 0.3) is 11.3 Å². The Bertz CT molecular complexity index is 560. The zero-order valence-electron chi connectivity index (χ0n) is 9.43. The fourth-order valence-corrected chi connectivity index (χ4v) is 1.36. The molecule has 0 aliphatic carbocycles. The van der Waals surface area contributed by atoms with Gasteiger partial charge in [-0.15, -0.1) is 0 Å². The van der Waals surface area contributed by atoms with Gasteiger partial charge < -0.3 is 14.5 Å². The summed E-state index contributed by atoms with van der Waals surface area (Å²) < 4.78 is 10.1. The molecule has 0 fully saturated rings. The van der Waals surface area contributed by atoms with Crippen molar-refractivity contribution in [3.05, 3.63) is 34.9 Å². The molecular weight excluding hydrogens is 222 g/mol. The summed E-state index contributed by atoms with van der Waals surface area (Å²) in [4.78, 5) is 21.8. The van der Waals surface area contributed by atoms with Gasteiger partial charge in [0.15, 0.2) is 0 Å². The minimum absolute atomic E-state index is 0.177. The van der Waals surface area contributed by atoms with Crippen molar-refractivity contribution in [3.8, 4) is 23.0 Å². The monoisotopic (exact) mass is 233 g/mol. The van der Waals surface area contributed by atoms with Crippen LogP contribution in [0.4, 0.5) is 0 Å². The van der Waals surface area contributed by atoms with Crippen molar-refractivity contribution in [2.24, 2.45) is 0 Å². The molecule has 0 aliphatic rings. The van der Waals surface area contributed by atoms with E-state index in [-0.39, 0.29) is 5.56 Å². The van der Waals surface area contributed by atoms with Crippen molar-refractivity contribution in [3.63, 3.8) is 0 Å². The van der Waals surface area contributed by atoms with E-state index >= 15 is 0 Å². The molecule has 0 amide bonds. The summed E-state index contributed by atoms with van der Waals surface area (Å²) in [5, 5.41) is 0. The molecule has 0 saturated heterocycles. The summed E-state index contributed by atoms with van der Waals surface area (Å²) in [6.45, 7) is 0. The lowest BCUT2D eigenvalue weighted by Gasteiger charge is -2.07. The van der Waals surface area contributed by atoms with Crippen molar-refractivity contribution in [1.29, 1.82) is 0 Å². The Morgan fingerprint density at radius 2 is 2.06 bits per heavy atom. The Morgan fingerprint density at radius 3 is 2.65 bits per heavy atom. The number of pyridine rings is 1. The number of aromatic amines is 1. The number of nitrogens with one attached hydrogen (secondary N) is 1. The maximum Gasteiger partial charge on any atom is 0.247 e. The largest absolute Gasteiger partial charge is 0.480 e. The van der Waals surface area contributed by atoms with Gasteiger partial charge in [0.2, 0.25) is 17.3 Å². The highest BCUT2D eigenvalue weighted by Gasteiger charge is 2.10. The Balaban J connectivity index is 2.55. The van der Waals surface area contributed by atoms with Crippen LogP contribution >= 0.6 is 0 Å². The molecule has 2 heterocycles. The molecule has 0 spiro atoms. The van der Waals surface area contributed by atoms with Gasteiger partial charge in [-0.05, 0) is 6.07 Å². The molecule has 0 aromatic carbocycles. The molecule has 6 nitrogen and oxygen atoms in total. The van der Waals surface area contributed by atoms with E-state index in [9.17, 15) is 4.79 Å². The van der Waals surface area contributed by atoms with Crippen LogP contribution in [0, 0.1) is 0 Å². The maximum atomic E-state index is 11.0. The molecule has 88 valence electrons. The van der Waals surface area contributed by atoms with Crippen molar-refractivity contribution in [2.45, 2.75) is 0 Å². The molecule has 2 aromatic rings. The van der Waals surface area contributed by atoms with Crippen LogP contribution in [-0.2, 0) is 0 Å². The smallest absolute Gasteiger partial charge is 0.247 e. The lowest BCUT2D eigenvalue weighted by atomic mass is 10.2. The van der Waals surface area contributed by atoms with E-state index in [1.165, 1.54) is 26.5 Å². The normalized spacial score (nSPS) is 10.0. The van der Waals surface area contributed by atoms with Gasteiger partial charge in [0.25, 0.3) is 0 Å². The highest BCUT2D eigenvalue weighted by atomic mass is 16.5. The van der Waals surface area contributed by atoms with Crippen LogP contribution in [0.2, 0.25) is 0 Å². The number of hydrogen-bond acceptors (Lipinski definition) is 5. The molecule has 0 radical (unpaired) electrons. The molecule has 6 heteroatoms. The zero-order valence-corrected chi connectivity index (χ0v) is 9.43. The standard InChI is InChI=1S/C11H11N3O3/c1-16-9-6-13-11(17-2)10(14-9)7-3-4-8(15)12-5-7/h3-6H,1-2H3,(H,12,15). The van der Waals surface area contributed by atoms with Crippen LogP contribution in [0.3, 0.4) is 0 Å². The van der Waals surface area contributed by atoms with E-state index in [2.05, 4.69) is 15.0 Å². The summed E-state index contributed by atoms with van der Waals surface area (Å²) in [5.74, 6) is 0.754. The minimum Gasteiger partial charge on any atom is -0.480 e. The second kappa shape index (κ2) is 4.65. The second-order valence-electron chi connectivity index (χ2n) is 3.21. The van der Waals surface area contributed by atoms with Gasteiger partial charge in [-0.25, -0.2) is 9.97 Å². The Hall–Kier alpha value is -2.37. The number of methoxy groups -OCH3 is 2. The average Bonchev–Trinajstić information content (AvgIpc) is 2.39. The minimum atomic E-state index is -0.177. The van der Waals surface area contributed by atoms with Gasteiger partial charge in [0, 0.05) is 17.8 Å². The lowest BCUT2D eigenvalue weighted by Crippen LogP contribution is -2.03. The summed E-state index contributed by atoms with van der Waals surface area (Å²) in [7, 11) is 3.01. The molecule has 0 saturated carbocycles. The van der Waals surface area contributed by atoms with Crippen LogP contribution in [0.15, 0.2) is 29.3 Å². The fourth-order valence-electron chi connectivity index (χ4n) is 1.36. The molecule has 2 aromatic heterocycles. The molecule has 1 N–H and O–H groups in total. The first-order chi connectivity index (χ1) is 8.24. The SMILES string of the molecule is COc1cnc(OC)c(-c2ccc(=O)[nH]c2)n1. The highest BCUT2D eigenvalue weighted by molar-refractivity contribution is 5.63. The molecule has 0 aliphatic heterocycles. The Morgan fingerprint density at radius 1 is 1.24 bits per heavy atom. The molecule has 17 heavy (non-hydrogen) atoms. The lowest BCUT2D eigenvalue weighted by molar-refractivity contribution is 0.377. The van der Waals surface area contributed by atoms with E-state index in [4.69, 9.17) is 9.47 Å². The van der Waals surface area contributed by atoms with Gasteiger partial charge in [-0.1, -0.05) is 0 Å². The summed E-state index contributed by atoms with van der Waals surface area (Å²) in [6.07, 6.45) is 3.02. The zero-order chi connectivity index (χ0) is 12.3. The molecule has 2 rings (SSSR count). The van der Waals surface area contributed by atoms with E-state index in [0.717, 1.165) is 0 Å². The molecule has 0 unspecified atom stereocenters. The number of rotatable bonds is 3. The topological polar surface area (TPSA) is 77.1 Å². The van der Waals surface area contributed by atoms with E-state index in [0.29, 0.717) is 23.0 Å². The summed E-state index contributed by atoms with van der Waals surface area (Å²) >= 11 is 0. The third-order valence-corrected chi connectivity index (χ3v) is 2.18. The number of hydrogen-bond donors (Lipinski definition) is 1. The van der Waals surface area contributed by atoms with Gasteiger partial charge in [-0.2, -0.15) is 0 Å². The second-order valence-corrected chi connectivity index (χ2v) is 3.21. The molecular formula is C11H11N3O3. The van der Waals surface area contributed by atoms with E-state index in [1.54, 1.807) is 12.3 Å². The Kier molecular flexibility index (Phi) is 3.04. The molecule has 0 atom stereocenters. The number of aromatic nitrogens is 3. The first-order valence-electron chi connectivity index (χ1n) is 4.88. The highest BCUT2D eigenvalue weighted by Crippen LogP contribution is 2.26. The average molecular weight is 233 g/mol. The third kappa shape index (κ3) is 2.25. The summed E-state index contributed by atoms with van der Waals surface area (Å²) in [5.41, 5.74) is 1.04. The van der Waals surface area contributed by atoms with Gasteiger partial charge in [0.1, 0.15) is 5.69 Å². The van der Waals surface area contributed by atoms with Crippen molar-refractivity contribution in [2.75, 3.05) is 14.2 Å². The van der Waals surface area contributed by atoms with Crippen LogP contribution in [0.1, 0.15) is 0 Å². The van der Waals surface area contributed by atoms with Gasteiger partial charge in [0.05, 0.1) is 20.4 Å². The van der Waals surface area contributed by atoms with Crippen LogP contribution in [-0.4, -0.2) is 29.2 Å². The Labute approximate surface area is 97.3 Å². The first-order valence-corrected chi connectivity index (χ1v) is 4.88. The first kappa shape index (κ1) is 11.1. The predicted octanol–water partition coefficient (Wildman–Crippen LogP) is 0.849. The van der Waals surface area contributed by atoms with Gasteiger partial charge in [-0.3, -0.25) is 4.79 Å². The third-order valence-electron chi connectivity index (χ3n) is 2.18. The van der Waals surface area contributed by atoms with E-state index < -0.39 is 0 Å². The van der Waals surface area contributed by atoms with Crippen LogP contribution < -0.4 is 15.0 Å². The van der Waals surface area contributed by atoms with Crippen LogP contribution in [0.5, 0.6) is 11.8 Å². The van der Waals surface area contributed by atoms with Crippen molar-refractivity contribution in [1.82, 2.24) is 15.0 Å². The van der Waals surface area contributed by atoms with E-state index in [1.807, 2.05) is 0 Å². The maximum absolute atomic E-state index is 11.0. The predicted molar refractivity (Wildman–Crippen MR) is 61.2 cm³/mol. The number of ether oxygens (including phenoxy) is 2.